The van der Waals surface area contributed by atoms with Crippen molar-refractivity contribution in [3.8, 4) is 0 Å². The maximum Gasteiger partial charge on any atom is 0.230 e. The number of benzene rings is 1. The number of carbonyl (C=O) groups excluding carboxylic acids is 1. The van der Waals surface area contributed by atoms with E-state index in [1.807, 2.05) is 45.0 Å². The highest BCUT2D eigenvalue weighted by molar-refractivity contribution is 8.00. The van der Waals surface area contributed by atoms with E-state index in [4.69, 9.17) is 11.6 Å². The first kappa shape index (κ1) is 13.4. The fourth-order valence-electron chi connectivity index (χ4n) is 1.16. The summed E-state index contributed by atoms with van der Waals surface area (Å²) in [6.07, 6.45) is 0. The molecule has 1 rings (SSSR count). The van der Waals surface area contributed by atoms with E-state index in [1.54, 1.807) is 0 Å². The average molecular weight is 258 g/mol. The van der Waals surface area contributed by atoms with Crippen molar-refractivity contribution in [2.75, 3.05) is 5.75 Å². The Balaban J connectivity index is 2.47. The third kappa shape index (κ3) is 4.90. The minimum atomic E-state index is -0.182. The van der Waals surface area contributed by atoms with Gasteiger partial charge in [0.15, 0.2) is 0 Å². The summed E-state index contributed by atoms with van der Waals surface area (Å²) >= 11 is 7.44. The van der Waals surface area contributed by atoms with E-state index in [-0.39, 0.29) is 11.4 Å². The molecule has 0 saturated heterocycles. The van der Waals surface area contributed by atoms with Gasteiger partial charge < -0.3 is 5.32 Å². The summed E-state index contributed by atoms with van der Waals surface area (Å²) in [4.78, 5) is 12.5. The predicted octanol–water partition coefficient (Wildman–Crippen LogP) is 3.35. The van der Waals surface area contributed by atoms with E-state index in [0.717, 1.165) is 4.90 Å². The molecule has 0 spiro atoms. The molecule has 0 aliphatic carbocycles. The van der Waals surface area contributed by atoms with E-state index < -0.39 is 0 Å². The zero-order valence-electron chi connectivity index (χ0n) is 9.71. The number of nitrogens with one attached hydrogen (secondary N) is 1. The van der Waals surface area contributed by atoms with Crippen LogP contribution in [0.3, 0.4) is 0 Å². The minimum Gasteiger partial charge on any atom is -0.351 e. The summed E-state index contributed by atoms with van der Waals surface area (Å²) in [5.41, 5.74) is -0.182. The molecule has 0 radical (unpaired) electrons. The van der Waals surface area contributed by atoms with Crippen molar-refractivity contribution in [3.05, 3.63) is 29.3 Å². The van der Waals surface area contributed by atoms with E-state index in [2.05, 4.69) is 5.32 Å². The van der Waals surface area contributed by atoms with Gasteiger partial charge in [-0.15, -0.1) is 11.8 Å². The standard InChI is InChI=1S/C12H16ClNOS/c1-12(2,3)14-11(15)8-16-10-7-5-4-6-9(10)13/h4-7H,8H2,1-3H3,(H,14,15). The highest BCUT2D eigenvalue weighted by atomic mass is 35.5. The molecule has 1 aromatic rings. The van der Waals surface area contributed by atoms with E-state index >= 15 is 0 Å². The first-order valence-corrected chi connectivity index (χ1v) is 6.43. The van der Waals surface area contributed by atoms with Crippen molar-refractivity contribution in [2.24, 2.45) is 0 Å². The zero-order chi connectivity index (χ0) is 12.2. The number of hydrogen-bond donors (Lipinski definition) is 1. The molecule has 0 heterocycles. The second kappa shape index (κ2) is 5.60. The van der Waals surface area contributed by atoms with Crippen LogP contribution in [-0.4, -0.2) is 17.2 Å². The van der Waals surface area contributed by atoms with Gasteiger partial charge in [0.05, 0.1) is 10.8 Å². The molecule has 0 aliphatic heterocycles. The summed E-state index contributed by atoms with van der Waals surface area (Å²) < 4.78 is 0. The molecule has 0 atom stereocenters. The van der Waals surface area contributed by atoms with Gasteiger partial charge in [0.25, 0.3) is 0 Å². The number of carbonyl (C=O) groups is 1. The SMILES string of the molecule is CC(C)(C)NC(=O)CSc1ccccc1Cl. The maximum atomic E-state index is 11.6. The second-order valence-electron chi connectivity index (χ2n) is 4.52. The number of hydrogen-bond acceptors (Lipinski definition) is 2. The topological polar surface area (TPSA) is 29.1 Å². The molecular weight excluding hydrogens is 242 g/mol. The van der Waals surface area contributed by atoms with Crippen LogP contribution in [-0.2, 0) is 4.79 Å². The summed E-state index contributed by atoms with van der Waals surface area (Å²) in [6.45, 7) is 5.89. The Kier molecular flexibility index (Phi) is 4.69. The highest BCUT2D eigenvalue weighted by Gasteiger charge is 2.13. The van der Waals surface area contributed by atoms with Gasteiger partial charge in [0.2, 0.25) is 5.91 Å². The summed E-state index contributed by atoms with van der Waals surface area (Å²) in [6, 6.07) is 7.53. The van der Waals surface area contributed by atoms with Crippen molar-refractivity contribution < 1.29 is 4.79 Å². The zero-order valence-corrected chi connectivity index (χ0v) is 11.3. The molecule has 0 aliphatic rings. The molecule has 4 heteroatoms. The van der Waals surface area contributed by atoms with Crippen molar-refractivity contribution in [1.82, 2.24) is 5.32 Å². The van der Waals surface area contributed by atoms with Gasteiger partial charge in [-0.05, 0) is 32.9 Å². The van der Waals surface area contributed by atoms with E-state index in [0.29, 0.717) is 10.8 Å². The molecule has 0 aromatic heterocycles. The van der Waals surface area contributed by atoms with Gasteiger partial charge in [-0.2, -0.15) is 0 Å². The van der Waals surface area contributed by atoms with Crippen LogP contribution in [0.25, 0.3) is 0 Å². The fraction of sp³-hybridized carbons (Fsp3) is 0.417. The molecule has 0 bridgehead atoms. The van der Waals surface area contributed by atoms with Crippen molar-refractivity contribution in [1.29, 1.82) is 0 Å². The van der Waals surface area contributed by atoms with Gasteiger partial charge in [0, 0.05) is 10.4 Å². The van der Waals surface area contributed by atoms with Crippen LogP contribution in [0.4, 0.5) is 0 Å². The second-order valence-corrected chi connectivity index (χ2v) is 5.94. The Hall–Kier alpha value is -0.670. The van der Waals surface area contributed by atoms with Crippen molar-refractivity contribution in [2.45, 2.75) is 31.2 Å². The molecule has 1 N–H and O–H groups in total. The predicted molar refractivity (Wildman–Crippen MR) is 70.1 cm³/mol. The van der Waals surface area contributed by atoms with Crippen molar-refractivity contribution in [3.63, 3.8) is 0 Å². The number of thioether (sulfide) groups is 1. The lowest BCUT2D eigenvalue weighted by atomic mass is 10.1. The normalized spacial score (nSPS) is 11.2. The lowest BCUT2D eigenvalue weighted by Gasteiger charge is -2.20. The lowest BCUT2D eigenvalue weighted by Crippen LogP contribution is -2.41. The van der Waals surface area contributed by atoms with E-state index in [1.165, 1.54) is 11.8 Å². The summed E-state index contributed by atoms with van der Waals surface area (Å²) in [5.74, 6) is 0.415. The van der Waals surface area contributed by atoms with Crippen LogP contribution < -0.4 is 5.32 Å². The van der Waals surface area contributed by atoms with Crippen LogP contribution in [0.1, 0.15) is 20.8 Å². The third-order valence-corrected chi connectivity index (χ3v) is 3.23. The van der Waals surface area contributed by atoms with Crippen molar-refractivity contribution >= 4 is 29.3 Å². The molecule has 16 heavy (non-hydrogen) atoms. The monoisotopic (exact) mass is 257 g/mol. The Labute approximate surface area is 106 Å². The summed E-state index contributed by atoms with van der Waals surface area (Å²) in [5, 5.41) is 3.60. The number of amides is 1. The molecule has 1 amide bonds. The van der Waals surface area contributed by atoms with Crippen LogP contribution in [0, 0.1) is 0 Å². The lowest BCUT2D eigenvalue weighted by molar-refractivity contribution is -0.119. The summed E-state index contributed by atoms with van der Waals surface area (Å²) in [7, 11) is 0. The minimum absolute atomic E-state index is 0.0254. The van der Waals surface area contributed by atoms with Gasteiger partial charge >= 0.3 is 0 Å². The molecule has 1 aromatic carbocycles. The largest absolute Gasteiger partial charge is 0.351 e. The Morgan fingerprint density at radius 1 is 1.38 bits per heavy atom. The molecular formula is C12H16ClNOS. The first-order valence-electron chi connectivity index (χ1n) is 5.07. The van der Waals surface area contributed by atoms with Crippen LogP contribution >= 0.6 is 23.4 Å². The quantitative estimate of drug-likeness (QED) is 0.842. The smallest absolute Gasteiger partial charge is 0.230 e. The van der Waals surface area contributed by atoms with E-state index in [9.17, 15) is 4.79 Å². The molecule has 2 nitrogen and oxygen atoms in total. The average Bonchev–Trinajstić information content (AvgIpc) is 2.14. The fourth-order valence-corrected chi connectivity index (χ4v) is 2.20. The molecule has 0 fully saturated rings. The third-order valence-electron chi connectivity index (χ3n) is 1.71. The maximum absolute atomic E-state index is 11.6. The van der Waals surface area contributed by atoms with Crippen LogP contribution in [0.2, 0.25) is 5.02 Å². The number of halogens is 1. The Morgan fingerprint density at radius 2 is 2.00 bits per heavy atom. The Bertz CT molecular complexity index is 374. The van der Waals surface area contributed by atoms with Crippen LogP contribution in [0.5, 0.6) is 0 Å². The molecule has 0 saturated carbocycles. The molecule has 88 valence electrons. The van der Waals surface area contributed by atoms with Gasteiger partial charge in [-0.3, -0.25) is 4.79 Å². The van der Waals surface area contributed by atoms with Crippen LogP contribution in [0.15, 0.2) is 29.2 Å². The highest BCUT2D eigenvalue weighted by Crippen LogP contribution is 2.26. The Morgan fingerprint density at radius 3 is 2.56 bits per heavy atom. The van der Waals surface area contributed by atoms with Gasteiger partial charge in [-0.1, -0.05) is 23.7 Å². The molecule has 0 unspecified atom stereocenters. The number of rotatable bonds is 3. The van der Waals surface area contributed by atoms with Gasteiger partial charge in [0.1, 0.15) is 0 Å². The first-order chi connectivity index (χ1) is 7.38. The van der Waals surface area contributed by atoms with Gasteiger partial charge in [-0.25, -0.2) is 0 Å².